The molecule has 1 atom stereocenters. The van der Waals surface area contributed by atoms with Gasteiger partial charge < -0.3 is 5.11 Å². The number of hydrogen-bond donors (Lipinski definition) is 1. The van der Waals surface area contributed by atoms with E-state index in [0.717, 1.165) is 28.7 Å². The number of carbonyl (C=O) groups is 1. The first-order valence-electron chi connectivity index (χ1n) is 7.77. The van der Waals surface area contributed by atoms with Gasteiger partial charge in [-0.1, -0.05) is 74.0 Å². The number of ketones is 1. The highest BCUT2D eigenvalue weighted by Gasteiger charge is 2.45. The molecule has 0 amide bonds. The summed E-state index contributed by atoms with van der Waals surface area (Å²) in [4.78, 5) is 12.5. The standard InChI is InChI=1S/C20H20O2/c1-2-9-17-18(21)14-20(22,16-12-7-4-8-13-16)19(17)15-10-5-3-6-11-15/h3-8,10-13,22H,2,9,14H2,1H3. The third-order valence-corrected chi connectivity index (χ3v) is 4.28. The molecule has 2 aromatic rings. The van der Waals surface area contributed by atoms with Crippen molar-refractivity contribution in [1.29, 1.82) is 0 Å². The highest BCUT2D eigenvalue weighted by Crippen LogP contribution is 2.47. The highest BCUT2D eigenvalue weighted by atomic mass is 16.3. The molecule has 1 aliphatic rings. The van der Waals surface area contributed by atoms with Gasteiger partial charge >= 0.3 is 0 Å². The predicted octanol–water partition coefficient (Wildman–Crippen LogP) is 4.10. The lowest BCUT2D eigenvalue weighted by Crippen LogP contribution is -2.25. The Bertz CT molecular complexity index is 701. The Balaban J connectivity index is 2.21. The van der Waals surface area contributed by atoms with E-state index in [1.54, 1.807) is 0 Å². The van der Waals surface area contributed by atoms with E-state index in [1.807, 2.05) is 60.7 Å². The molecule has 22 heavy (non-hydrogen) atoms. The number of hydrogen-bond acceptors (Lipinski definition) is 2. The van der Waals surface area contributed by atoms with Crippen molar-refractivity contribution < 1.29 is 9.90 Å². The van der Waals surface area contributed by atoms with Crippen molar-refractivity contribution in [1.82, 2.24) is 0 Å². The lowest BCUT2D eigenvalue weighted by Gasteiger charge is -2.27. The molecule has 3 rings (SSSR count). The maximum Gasteiger partial charge on any atom is 0.162 e. The first kappa shape index (κ1) is 14.7. The Labute approximate surface area is 131 Å². The van der Waals surface area contributed by atoms with Crippen LogP contribution in [0, 0.1) is 0 Å². The molecule has 0 fully saturated rings. The number of allylic oxidation sites excluding steroid dienone is 1. The monoisotopic (exact) mass is 292 g/mol. The summed E-state index contributed by atoms with van der Waals surface area (Å²) in [6.45, 7) is 2.06. The smallest absolute Gasteiger partial charge is 0.162 e. The second-order valence-electron chi connectivity index (χ2n) is 5.80. The molecule has 1 N–H and O–H groups in total. The molecule has 2 nitrogen and oxygen atoms in total. The van der Waals surface area contributed by atoms with Gasteiger partial charge in [0.25, 0.3) is 0 Å². The normalized spacial score (nSPS) is 21.5. The van der Waals surface area contributed by atoms with Crippen molar-refractivity contribution in [3.8, 4) is 0 Å². The third kappa shape index (κ3) is 2.40. The molecule has 2 heteroatoms. The molecule has 1 aliphatic carbocycles. The Hall–Kier alpha value is -2.19. The van der Waals surface area contributed by atoms with Gasteiger partial charge in [-0.3, -0.25) is 4.79 Å². The summed E-state index contributed by atoms with van der Waals surface area (Å²) < 4.78 is 0. The minimum atomic E-state index is -1.22. The van der Waals surface area contributed by atoms with Crippen LogP contribution in [0.4, 0.5) is 0 Å². The minimum Gasteiger partial charge on any atom is -0.380 e. The van der Waals surface area contributed by atoms with Gasteiger partial charge in [0.05, 0.1) is 0 Å². The van der Waals surface area contributed by atoms with Gasteiger partial charge in [0.2, 0.25) is 0 Å². The third-order valence-electron chi connectivity index (χ3n) is 4.28. The topological polar surface area (TPSA) is 37.3 Å². The second kappa shape index (κ2) is 5.90. The number of carbonyl (C=O) groups excluding carboxylic acids is 1. The van der Waals surface area contributed by atoms with Crippen LogP contribution in [0.2, 0.25) is 0 Å². The largest absolute Gasteiger partial charge is 0.380 e. The van der Waals surface area contributed by atoms with Gasteiger partial charge in [-0.05, 0) is 17.5 Å². The first-order chi connectivity index (χ1) is 10.7. The summed E-state index contributed by atoms with van der Waals surface area (Å²) in [6, 6.07) is 19.3. The average Bonchev–Trinajstić information content (AvgIpc) is 2.81. The van der Waals surface area contributed by atoms with Crippen molar-refractivity contribution in [2.24, 2.45) is 0 Å². The molecule has 0 spiro atoms. The summed E-state index contributed by atoms with van der Waals surface area (Å²) in [5, 5.41) is 11.4. The van der Waals surface area contributed by atoms with Gasteiger partial charge in [-0.15, -0.1) is 0 Å². The van der Waals surface area contributed by atoms with Crippen LogP contribution in [-0.2, 0) is 10.4 Å². The predicted molar refractivity (Wildman–Crippen MR) is 88.2 cm³/mol. The van der Waals surface area contributed by atoms with E-state index in [4.69, 9.17) is 0 Å². The fourth-order valence-electron chi connectivity index (χ4n) is 3.31. The van der Waals surface area contributed by atoms with Gasteiger partial charge in [0.15, 0.2) is 5.78 Å². The fraction of sp³-hybridized carbons (Fsp3) is 0.250. The maximum absolute atomic E-state index is 12.5. The maximum atomic E-state index is 12.5. The Kier molecular flexibility index (Phi) is 3.95. The van der Waals surface area contributed by atoms with Crippen LogP contribution < -0.4 is 0 Å². The van der Waals surface area contributed by atoms with Crippen LogP contribution in [0.25, 0.3) is 5.57 Å². The van der Waals surface area contributed by atoms with E-state index < -0.39 is 5.60 Å². The summed E-state index contributed by atoms with van der Waals surface area (Å²) in [5.41, 5.74) is 2.06. The van der Waals surface area contributed by atoms with Crippen molar-refractivity contribution in [3.05, 3.63) is 77.4 Å². The van der Waals surface area contributed by atoms with Crippen LogP contribution in [0.1, 0.15) is 37.3 Å². The van der Waals surface area contributed by atoms with Crippen LogP contribution in [0.3, 0.4) is 0 Å². The van der Waals surface area contributed by atoms with Crippen molar-refractivity contribution >= 4 is 11.4 Å². The van der Waals surface area contributed by atoms with Gasteiger partial charge in [-0.2, -0.15) is 0 Å². The molecule has 0 aromatic heterocycles. The quantitative estimate of drug-likeness (QED) is 0.921. The van der Waals surface area contributed by atoms with Crippen molar-refractivity contribution in [3.63, 3.8) is 0 Å². The zero-order valence-corrected chi connectivity index (χ0v) is 12.8. The number of aliphatic hydroxyl groups is 1. The molecular weight excluding hydrogens is 272 g/mol. The van der Waals surface area contributed by atoms with Crippen molar-refractivity contribution in [2.75, 3.05) is 0 Å². The SMILES string of the molecule is CCCC1=C(c2ccccc2)C(O)(c2ccccc2)CC1=O. The average molecular weight is 292 g/mol. The number of benzene rings is 2. The van der Waals surface area contributed by atoms with Gasteiger partial charge in [-0.25, -0.2) is 0 Å². The summed E-state index contributed by atoms with van der Waals surface area (Å²) >= 11 is 0. The Morgan fingerprint density at radius 3 is 2.18 bits per heavy atom. The Morgan fingerprint density at radius 2 is 1.59 bits per heavy atom. The molecule has 0 saturated heterocycles. The second-order valence-corrected chi connectivity index (χ2v) is 5.80. The summed E-state index contributed by atoms with van der Waals surface area (Å²) in [6.07, 6.45) is 1.73. The highest BCUT2D eigenvalue weighted by molar-refractivity contribution is 6.10. The van der Waals surface area contributed by atoms with Crippen LogP contribution in [0.5, 0.6) is 0 Å². The van der Waals surface area contributed by atoms with E-state index in [1.165, 1.54) is 0 Å². The van der Waals surface area contributed by atoms with E-state index >= 15 is 0 Å². The van der Waals surface area contributed by atoms with Gasteiger partial charge in [0.1, 0.15) is 5.60 Å². The molecule has 1 unspecified atom stereocenters. The zero-order valence-electron chi connectivity index (χ0n) is 12.8. The lowest BCUT2D eigenvalue weighted by atomic mass is 9.83. The van der Waals surface area contributed by atoms with E-state index in [9.17, 15) is 9.90 Å². The van der Waals surface area contributed by atoms with Crippen molar-refractivity contribution in [2.45, 2.75) is 31.8 Å². The van der Waals surface area contributed by atoms with E-state index in [2.05, 4.69) is 6.92 Å². The van der Waals surface area contributed by atoms with Gasteiger partial charge in [0, 0.05) is 17.6 Å². The molecule has 0 heterocycles. The molecular formula is C20H20O2. The van der Waals surface area contributed by atoms with Crippen LogP contribution in [0.15, 0.2) is 66.2 Å². The first-order valence-corrected chi connectivity index (χ1v) is 7.77. The van der Waals surface area contributed by atoms with E-state index in [-0.39, 0.29) is 12.2 Å². The number of rotatable bonds is 4. The summed E-state index contributed by atoms with van der Waals surface area (Å²) in [7, 11) is 0. The summed E-state index contributed by atoms with van der Waals surface area (Å²) in [5.74, 6) is 0.0621. The minimum absolute atomic E-state index is 0.0621. The van der Waals surface area contributed by atoms with E-state index in [0.29, 0.717) is 6.42 Å². The molecule has 0 aliphatic heterocycles. The molecule has 2 aromatic carbocycles. The van der Waals surface area contributed by atoms with Crippen LogP contribution in [-0.4, -0.2) is 10.9 Å². The number of Topliss-reactive ketones (excluding diaryl/α,β-unsaturated/α-hetero) is 1. The van der Waals surface area contributed by atoms with Crippen LogP contribution >= 0.6 is 0 Å². The Morgan fingerprint density at radius 1 is 1.00 bits per heavy atom. The molecule has 0 bridgehead atoms. The zero-order chi connectivity index (χ0) is 15.6. The molecule has 0 saturated carbocycles. The fourth-order valence-corrected chi connectivity index (χ4v) is 3.31. The lowest BCUT2D eigenvalue weighted by molar-refractivity contribution is -0.117. The molecule has 0 radical (unpaired) electrons. The molecule has 112 valence electrons.